The SMILES string of the molecule is CCCCC1(CC)C[C@H](N)c2cc(C)ccc2O1. The second kappa shape index (κ2) is 5.31. The van der Waals surface area contributed by atoms with Crippen molar-refractivity contribution in [2.24, 2.45) is 5.73 Å². The van der Waals surface area contributed by atoms with Crippen LogP contribution in [0.3, 0.4) is 0 Å². The molecule has 0 spiro atoms. The van der Waals surface area contributed by atoms with Gasteiger partial charge in [0, 0.05) is 18.0 Å². The summed E-state index contributed by atoms with van der Waals surface area (Å²) in [6, 6.07) is 6.47. The average Bonchev–Trinajstić information content (AvgIpc) is 2.37. The third-order valence-electron chi connectivity index (χ3n) is 4.11. The van der Waals surface area contributed by atoms with Crippen molar-refractivity contribution in [3.63, 3.8) is 0 Å². The highest BCUT2D eigenvalue weighted by molar-refractivity contribution is 5.41. The van der Waals surface area contributed by atoms with Gasteiger partial charge in [-0.2, -0.15) is 0 Å². The van der Waals surface area contributed by atoms with Crippen LogP contribution < -0.4 is 10.5 Å². The molecule has 2 heteroatoms. The van der Waals surface area contributed by atoms with E-state index in [1.807, 2.05) is 0 Å². The largest absolute Gasteiger partial charge is 0.487 e. The molecule has 18 heavy (non-hydrogen) atoms. The highest BCUT2D eigenvalue weighted by Gasteiger charge is 2.37. The van der Waals surface area contributed by atoms with Gasteiger partial charge >= 0.3 is 0 Å². The summed E-state index contributed by atoms with van der Waals surface area (Å²) in [6.07, 6.45) is 5.51. The zero-order chi connectivity index (χ0) is 13.2. The number of benzene rings is 1. The van der Waals surface area contributed by atoms with E-state index in [-0.39, 0.29) is 11.6 Å². The Morgan fingerprint density at radius 2 is 2.17 bits per heavy atom. The molecule has 1 aromatic rings. The predicted molar refractivity (Wildman–Crippen MR) is 75.9 cm³/mol. The number of nitrogens with two attached hydrogens (primary N) is 1. The Labute approximate surface area is 111 Å². The summed E-state index contributed by atoms with van der Waals surface area (Å²) in [5.41, 5.74) is 8.75. The van der Waals surface area contributed by atoms with Crippen LogP contribution in [0.25, 0.3) is 0 Å². The summed E-state index contributed by atoms with van der Waals surface area (Å²) >= 11 is 0. The molecule has 0 radical (unpaired) electrons. The van der Waals surface area contributed by atoms with E-state index in [0.717, 1.165) is 25.0 Å². The van der Waals surface area contributed by atoms with Gasteiger partial charge in [-0.05, 0) is 32.3 Å². The lowest BCUT2D eigenvalue weighted by Gasteiger charge is -2.41. The number of rotatable bonds is 4. The van der Waals surface area contributed by atoms with Crippen molar-refractivity contribution < 1.29 is 4.74 Å². The summed E-state index contributed by atoms with van der Waals surface area (Å²) in [4.78, 5) is 0. The Morgan fingerprint density at radius 3 is 2.83 bits per heavy atom. The highest BCUT2D eigenvalue weighted by atomic mass is 16.5. The van der Waals surface area contributed by atoms with Crippen LogP contribution in [-0.4, -0.2) is 5.60 Å². The molecule has 2 N–H and O–H groups in total. The molecule has 1 aromatic carbocycles. The van der Waals surface area contributed by atoms with Gasteiger partial charge in [0.15, 0.2) is 0 Å². The number of fused-ring (bicyclic) bond motifs is 1. The van der Waals surface area contributed by atoms with Gasteiger partial charge in [-0.3, -0.25) is 0 Å². The Bertz CT molecular complexity index is 416. The van der Waals surface area contributed by atoms with Crippen molar-refractivity contribution in [1.29, 1.82) is 0 Å². The zero-order valence-electron chi connectivity index (χ0n) is 11.8. The van der Waals surface area contributed by atoms with Gasteiger partial charge in [0.1, 0.15) is 11.4 Å². The molecule has 2 rings (SSSR count). The van der Waals surface area contributed by atoms with Crippen molar-refractivity contribution in [3.05, 3.63) is 29.3 Å². The Balaban J connectivity index is 2.27. The van der Waals surface area contributed by atoms with Gasteiger partial charge in [-0.25, -0.2) is 0 Å². The average molecular weight is 247 g/mol. The number of hydrogen-bond acceptors (Lipinski definition) is 2. The first-order valence-corrected chi connectivity index (χ1v) is 7.15. The molecule has 0 saturated heterocycles. The van der Waals surface area contributed by atoms with Crippen LogP contribution in [0.1, 0.15) is 63.1 Å². The maximum Gasteiger partial charge on any atom is 0.124 e. The molecule has 0 aromatic heterocycles. The second-order valence-electron chi connectivity index (χ2n) is 5.59. The van der Waals surface area contributed by atoms with E-state index in [2.05, 4.69) is 39.0 Å². The van der Waals surface area contributed by atoms with Crippen molar-refractivity contribution in [2.75, 3.05) is 0 Å². The molecular formula is C16H25NO. The summed E-state index contributed by atoms with van der Waals surface area (Å²) in [5, 5.41) is 0. The maximum absolute atomic E-state index is 6.36. The minimum absolute atomic E-state index is 0.0440. The van der Waals surface area contributed by atoms with E-state index >= 15 is 0 Å². The van der Waals surface area contributed by atoms with Crippen molar-refractivity contribution in [2.45, 2.75) is 64.5 Å². The molecule has 0 aliphatic carbocycles. The summed E-state index contributed by atoms with van der Waals surface area (Å²) in [5.74, 6) is 0.998. The predicted octanol–water partition coefficient (Wildman–Crippen LogP) is 4.12. The quantitative estimate of drug-likeness (QED) is 0.868. The molecule has 0 saturated carbocycles. The molecule has 1 aliphatic rings. The summed E-state index contributed by atoms with van der Waals surface area (Å²) < 4.78 is 6.32. The number of ether oxygens (including phenoxy) is 1. The molecule has 2 atom stereocenters. The number of aryl methyl sites for hydroxylation is 1. The second-order valence-corrected chi connectivity index (χ2v) is 5.59. The van der Waals surface area contributed by atoms with Crippen LogP contribution in [0.5, 0.6) is 5.75 Å². The molecule has 1 heterocycles. The molecule has 1 unspecified atom stereocenters. The molecule has 0 bridgehead atoms. The molecule has 2 nitrogen and oxygen atoms in total. The molecule has 0 fully saturated rings. The van der Waals surface area contributed by atoms with Crippen molar-refractivity contribution >= 4 is 0 Å². The minimum atomic E-state index is -0.0440. The van der Waals surface area contributed by atoms with E-state index in [1.165, 1.54) is 24.0 Å². The monoisotopic (exact) mass is 247 g/mol. The van der Waals surface area contributed by atoms with E-state index in [0.29, 0.717) is 0 Å². The minimum Gasteiger partial charge on any atom is -0.487 e. The van der Waals surface area contributed by atoms with Crippen LogP contribution in [0.2, 0.25) is 0 Å². The highest BCUT2D eigenvalue weighted by Crippen LogP contribution is 2.42. The van der Waals surface area contributed by atoms with Gasteiger partial charge in [-0.1, -0.05) is 38.0 Å². The third kappa shape index (κ3) is 2.54. The van der Waals surface area contributed by atoms with E-state index in [1.54, 1.807) is 0 Å². The topological polar surface area (TPSA) is 35.2 Å². The maximum atomic E-state index is 6.36. The lowest BCUT2D eigenvalue weighted by atomic mass is 9.82. The normalized spacial score (nSPS) is 26.6. The van der Waals surface area contributed by atoms with Gasteiger partial charge in [0.25, 0.3) is 0 Å². The smallest absolute Gasteiger partial charge is 0.124 e. The van der Waals surface area contributed by atoms with Crippen LogP contribution in [0.15, 0.2) is 18.2 Å². The molecule has 100 valence electrons. The molecule has 0 amide bonds. The zero-order valence-corrected chi connectivity index (χ0v) is 11.8. The van der Waals surface area contributed by atoms with Crippen molar-refractivity contribution in [1.82, 2.24) is 0 Å². The number of unbranched alkanes of at least 4 members (excludes halogenated alkanes) is 1. The molecule has 1 aliphatic heterocycles. The summed E-state index contributed by atoms with van der Waals surface area (Å²) in [7, 11) is 0. The fourth-order valence-electron chi connectivity index (χ4n) is 2.88. The Hall–Kier alpha value is -1.02. The first kappa shape index (κ1) is 13.4. The fraction of sp³-hybridized carbons (Fsp3) is 0.625. The van der Waals surface area contributed by atoms with Crippen LogP contribution in [0.4, 0.5) is 0 Å². The first-order valence-electron chi connectivity index (χ1n) is 7.15. The third-order valence-corrected chi connectivity index (χ3v) is 4.11. The number of hydrogen-bond donors (Lipinski definition) is 1. The van der Waals surface area contributed by atoms with Crippen LogP contribution >= 0.6 is 0 Å². The van der Waals surface area contributed by atoms with Crippen LogP contribution in [-0.2, 0) is 0 Å². The van der Waals surface area contributed by atoms with Gasteiger partial charge < -0.3 is 10.5 Å². The Morgan fingerprint density at radius 1 is 1.39 bits per heavy atom. The molecular weight excluding hydrogens is 222 g/mol. The van der Waals surface area contributed by atoms with E-state index < -0.39 is 0 Å². The van der Waals surface area contributed by atoms with Gasteiger partial charge in [0.2, 0.25) is 0 Å². The van der Waals surface area contributed by atoms with Crippen molar-refractivity contribution in [3.8, 4) is 5.75 Å². The lowest BCUT2D eigenvalue weighted by Crippen LogP contribution is -2.42. The standard InChI is InChI=1S/C16H25NO/c1-4-6-9-16(5-2)11-14(17)13-10-12(3)7-8-15(13)18-16/h7-8,10,14H,4-6,9,11,17H2,1-3H3/t14-,16?/m0/s1. The summed E-state index contributed by atoms with van der Waals surface area (Å²) in [6.45, 7) is 6.54. The first-order chi connectivity index (χ1) is 8.60. The van der Waals surface area contributed by atoms with Crippen LogP contribution in [0, 0.1) is 6.92 Å². The Kier molecular flexibility index (Phi) is 3.96. The van der Waals surface area contributed by atoms with Gasteiger partial charge in [0.05, 0.1) is 0 Å². The van der Waals surface area contributed by atoms with Gasteiger partial charge in [-0.15, -0.1) is 0 Å². The lowest BCUT2D eigenvalue weighted by molar-refractivity contribution is 0.0217. The fourth-order valence-corrected chi connectivity index (χ4v) is 2.88. The van der Waals surface area contributed by atoms with E-state index in [4.69, 9.17) is 10.5 Å². The van der Waals surface area contributed by atoms with E-state index in [9.17, 15) is 0 Å².